The van der Waals surface area contributed by atoms with Gasteiger partial charge in [0.05, 0.1) is 6.04 Å². The van der Waals surface area contributed by atoms with Gasteiger partial charge in [-0.3, -0.25) is 4.79 Å². The molecule has 0 bridgehead atoms. The predicted octanol–water partition coefficient (Wildman–Crippen LogP) is 3.26. The number of halogens is 1. The van der Waals surface area contributed by atoms with Crippen LogP contribution in [0.1, 0.15) is 59.5 Å². The third-order valence-corrected chi connectivity index (χ3v) is 5.20. The Morgan fingerprint density at radius 3 is 3.00 bits per heavy atom. The molecule has 1 aromatic carbocycles. The van der Waals surface area contributed by atoms with Crippen LogP contribution in [0.4, 0.5) is 4.39 Å². The molecule has 5 nitrogen and oxygen atoms in total. The summed E-state index contributed by atoms with van der Waals surface area (Å²) >= 11 is 0. The first-order valence-corrected chi connectivity index (χ1v) is 8.95. The zero-order valence-corrected chi connectivity index (χ0v) is 14.1. The first-order valence-electron chi connectivity index (χ1n) is 8.95. The molecule has 3 heterocycles. The van der Waals surface area contributed by atoms with E-state index in [1.807, 2.05) is 6.07 Å². The predicted molar refractivity (Wildman–Crippen MR) is 90.8 cm³/mol. The number of nitrogens with zero attached hydrogens (tertiary/aromatic N) is 2. The highest BCUT2D eigenvalue weighted by atomic mass is 19.1. The van der Waals surface area contributed by atoms with Crippen LogP contribution in [-0.2, 0) is 0 Å². The molecule has 2 unspecified atom stereocenters. The minimum atomic E-state index is -0.233. The summed E-state index contributed by atoms with van der Waals surface area (Å²) in [4.78, 5) is 14.5. The Labute approximate surface area is 146 Å². The molecule has 2 aliphatic heterocycles. The molecule has 6 heteroatoms. The number of piperidine rings is 1. The van der Waals surface area contributed by atoms with Crippen molar-refractivity contribution in [1.29, 1.82) is 0 Å². The molecular weight excluding hydrogens is 321 g/mol. The van der Waals surface area contributed by atoms with Crippen molar-refractivity contribution in [2.24, 2.45) is 0 Å². The van der Waals surface area contributed by atoms with Gasteiger partial charge in [-0.05, 0) is 43.5 Å². The van der Waals surface area contributed by atoms with E-state index in [4.69, 9.17) is 4.52 Å². The fraction of sp³-hybridized carbons (Fsp3) is 0.474. The van der Waals surface area contributed by atoms with Crippen molar-refractivity contribution in [3.05, 3.63) is 53.2 Å². The van der Waals surface area contributed by atoms with E-state index >= 15 is 0 Å². The maximum Gasteiger partial charge on any atom is 0.276 e. The fourth-order valence-electron chi connectivity index (χ4n) is 3.79. The molecule has 2 aromatic rings. The first kappa shape index (κ1) is 16.3. The summed E-state index contributed by atoms with van der Waals surface area (Å²) < 4.78 is 18.8. The lowest BCUT2D eigenvalue weighted by Crippen LogP contribution is -2.29. The van der Waals surface area contributed by atoms with Gasteiger partial charge in [-0.2, -0.15) is 0 Å². The van der Waals surface area contributed by atoms with Crippen LogP contribution in [0.25, 0.3) is 0 Å². The van der Waals surface area contributed by atoms with Crippen LogP contribution in [0.15, 0.2) is 34.9 Å². The maximum absolute atomic E-state index is 13.4. The van der Waals surface area contributed by atoms with Gasteiger partial charge in [0.25, 0.3) is 5.91 Å². The molecular formula is C19H22FN3O2. The molecule has 4 rings (SSSR count). The molecule has 1 N–H and O–H groups in total. The zero-order chi connectivity index (χ0) is 17.2. The number of likely N-dealkylation sites (tertiary alicyclic amines) is 1. The second kappa shape index (κ2) is 6.96. The van der Waals surface area contributed by atoms with E-state index in [9.17, 15) is 9.18 Å². The maximum atomic E-state index is 13.4. The highest BCUT2D eigenvalue weighted by Crippen LogP contribution is 2.29. The number of carbonyl (C=O) groups is 1. The number of amides is 1. The number of rotatable bonds is 3. The van der Waals surface area contributed by atoms with Crippen LogP contribution >= 0.6 is 0 Å². The largest absolute Gasteiger partial charge is 0.359 e. The van der Waals surface area contributed by atoms with E-state index in [0.29, 0.717) is 18.8 Å². The lowest BCUT2D eigenvalue weighted by atomic mass is 9.98. The van der Waals surface area contributed by atoms with Crippen LogP contribution in [0.2, 0.25) is 0 Å². The SMILES string of the molecule is O=C(c1cc(C2CCCCN2)on1)N1CCC(c2cccc(F)c2)C1. The van der Waals surface area contributed by atoms with Crippen molar-refractivity contribution in [2.75, 3.05) is 19.6 Å². The average Bonchev–Trinajstić information content (AvgIpc) is 3.32. The summed E-state index contributed by atoms with van der Waals surface area (Å²) in [6, 6.07) is 8.56. The normalized spacial score (nSPS) is 23.8. The first-order chi connectivity index (χ1) is 12.2. The Morgan fingerprint density at radius 2 is 2.20 bits per heavy atom. The third kappa shape index (κ3) is 3.44. The highest BCUT2D eigenvalue weighted by molar-refractivity contribution is 5.92. The van der Waals surface area contributed by atoms with Gasteiger partial charge in [0.15, 0.2) is 11.5 Å². The van der Waals surface area contributed by atoms with E-state index < -0.39 is 0 Å². The van der Waals surface area contributed by atoms with Crippen molar-refractivity contribution >= 4 is 5.91 Å². The molecule has 25 heavy (non-hydrogen) atoms. The van der Waals surface area contributed by atoms with Gasteiger partial charge in [-0.1, -0.05) is 23.7 Å². The van der Waals surface area contributed by atoms with E-state index in [0.717, 1.165) is 37.1 Å². The molecule has 1 aromatic heterocycles. The third-order valence-electron chi connectivity index (χ3n) is 5.20. The molecule has 2 aliphatic rings. The van der Waals surface area contributed by atoms with Gasteiger partial charge in [-0.25, -0.2) is 4.39 Å². The molecule has 2 saturated heterocycles. The second-order valence-electron chi connectivity index (χ2n) is 6.91. The van der Waals surface area contributed by atoms with E-state index in [-0.39, 0.29) is 23.7 Å². The van der Waals surface area contributed by atoms with E-state index in [1.54, 1.807) is 23.1 Å². The van der Waals surface area contributed by atoms with Crippen molar-refractivity contribution < 1.29 is 13.7 Å². The molecule has 0 radical (unpaired) electrons. The van der Waals surface area contributed by atoms with Crippen LogP contribution in [0.3, 0.4) is 0 Å². The van der Waals surface area contributed by atoms with Crippen LogP contribution in [0, 0.1) is 5.82 Å². The number of carbonyl (C=O) groups excluding carboxylic acids is 1. The van der Waals surface area contributed by atoms with Gasteiger partial charge in [0.1, 0.15) is 5.82 Å². The molecule has 0 saturated carbocycles. The Hall–Kier alpha value is -2.21. The fourth-order valence-corrected chi connectivity index (χ4v) is 3.79. The Balaban J connectivity index is 1.42. The summed E-state index contributed by atoms with van der Waals surface area (Å²) in [5.74, 6) is 0.572. The number of benzene rings is 1. The Bertz CT molecular complexity index is 755. The number of hydrogen-bond donors (Lipinski definition) is 1. The smallest absolute Gasteiger partial charge is 0.276 e. The molecule has 0 aliphatic carbocycles. The van der Waals surface area contributed by atoms with Gasteiger partial charge < -0.3 is 14.7 Å². The van der Waals surface area contributed by atoms with E-state index in [2.05, 4.69) is 10.5 Å². The van der Waals surface area contributed by atoms with Gasteiger partial charge in [0, 0.05) is 25.1 Å². The second-order valence-corrected chi connectivity index (χ2v) is 6.91. The van der Waals surface area contributed by atoms with Gasteiger partial charge in [0.2, 0.25) is 0 Å². The molecule has 1 amide bonds. The molecule has 2 atom stereocenters. The van der Waals surface area contributed by atoms with Crippen LogP contribution in [-0.4, -0.2) is 35.6 Å². The quantitative estimate of drug-likeness (QED) is 0.929. The van der Waals surface area contributed by atoms with Gasteiger partial charge >= 0.3 is 0 Å². The minimum Gasteiger partial charge on any atom is -0.359 e. The van der Waals surface area contributed by atoms with Crippen LogP contribution in [0.5, 0.6) is 0 Å². The average molecular weight is 343 g/mol. The topological polar surface area (TPSA) is 58.4 Å². The molecule has 2 fully saturated rings. The van der Waals surface area contributed by atoms with Crippen molar-refractivity contribution in [2.45, 2.75) is 37.6 Å². The summed E-state index contributed by atoms with van der Waals surface area (Å²) in [7, 11) is 0. The van der Waals surface area contributed by atoms with Crippen molar-refractivity contribution in [1.82, 2.24) is 15.4 Å². The molecule has 0 spiro atoms. The molecule has 132 valence electrons. The lowest BCUT2D eigenvalue weighted by Gasteiger charge is -2.20. The summed E-state index contributed by atoms with van der Waals surface area (Å²) in [5, 5.41) is 7.38. The number of hydrogen-bond acceptors (Lipinski definition) is 4. The van der Waals surface area contributed by atoms with Crippen LogP contribution < -0.4 is 5.32 Å². The summed E-state index contributed by atoms with van der Waals surface area (Å²) in [6.45, 7) is 2.21. The van der Waals surface area contributed by atoms with Crippen molar-refractivity contribution in [3.8, 4) is 0 Å². The lowest BCUT2D eigenvalue weighted by molar-refractivity contribution is 0.0780. The number of aromatic nitrogens is 1. The number of nitrogens with one attached hydrogen (secondary N) is 1. The van der Waals surface area contributed by atoms with Crippen molar-refractivity contribution in [3.63, 3.8) is 0 Å². The standard InChI is InChI=1S/C19H22FN3O2/c20-15-5-3-4-13(10-15)14-7-9-23(12-14)19(24)17-11-18(25-22-17)16-6-1-2-8-21-16/h3-5,10-11,14,16,21H,1-2,6-9,12H2. The Morgan fingerprint density at radius 1 is 1.28 bits per heavy atom. The summed E-state index contributed by atoms with van der Waals surface area (Å²) in [5.41, 5.74) is 1.31. The zero-order valence-electron chi connectivity index (χ0n) is 14.1. The Kier molecular flexibility index (Phi) is 4.53. The highest BCUT2D eigenvalue weighted by Gasteiger charge is 2.30. The monoisotopic (exact) mass is 343 g/mol. The van der Waals surface area contributed by atoms with Gasteiger partial charge in [-0.15, -0.1) is 0 Å². The minimum absolute atomic E-state index is 0.107. The van der Waals surface area contributed by atoms with E-state index in [1.165, 1.54) is 12.5 Å². The summed E-state index contributed by atoms with van der Waals surface area (Å²) in [6.07, 6.45) is 4.17.